The second kappa shape index (κ2) is 3.55. The van der Waals surface area contributed by atoms with Crippen molar-refractivity contribution in [3.8, 4) is 0 Å². The highest BCUT2D eigenvalue weighted by Crippen LogP contribution is 2.21. The van der Waals surface area contributed by atoms with E-state index in [2.05, 4.69) is 0 Å². The third-order valence-corrected chi connectivity index (χ3v) is 3.30. The van der Waals surface area contributed by atoms with E-state index in [0.29, 0.717) is 29.7 Å². The number of rotatable bonds is 0. The lowest BCUT2D eigenvalue weighted by molar-refractivity contribution is -0.477. The van der Waals surface area contributed by atoms with Crippen molar-refractivity contribution in [2.24, 2.45) is 0 Å². The molecule has 0 amide bonds. The molecule has 1 heterocycles. The molecular weight excluding hydrogens is 223 g/mol. The van der Waals surface area contributed by atoms with Gasteiger partial charge in [-0.2, -0.15) is 4.73 Å². The van der Waals surface area contributed by atoms with Gasteiger partial charge in [0.1, 0.15) is 11.5 Å². The van der Waals surface area contributed by atoms with Crippen molar-refractivity contribution in [1.29, 1.82) is 0 Å². The third kappa shape index (κ3) is 1.42. The van der Waals surface area contributed by atoms with Crippen molar-refractivity contribution >= 4 is 11.0 Å². The highest BCUT2D eigenvalue weighted by molar-refractivity contribution is 5.71. The summed E-state index contributed by atoms with van der Waals surface area (Å²) >= 11 is 0. The topological polar surface area (TPSA) is 48.1 Å². The summed E-state index contributed by atoms with van der Waals surface area (Å²) in [4.78, 5) is 12.1. The maximum Gasteiger partial charge on any atom is 0.290 e. The first-order valence-corrected chi connectivity index (χ1v) is 5.66. The molecule has 88 valence electrons. The molecule has 0 unspecified atom stereocenters. The number of benzene rings is 1. The van der Waals surface area contributed by atoms with Crippen LogP contribution in [0, 0.1) is 10.7 Å². The lowest BCUT2D eigenvalue weighted by Gasteiger charge is -2.13. The van der Waals surface area contributed by atoms with E-state index in [1.165, 1.54) is 18.2 Å². The smallest absolute Gasteiger partial charge is 0.290 e. The quantitative estimate of drug-likeness (QED) is 0.559. The Balaban J connectivity index is 2.47. The predicted molar refractivity (Wildman–Crippen MR) is 59.1 cm³/mol. The number of nitrogens with zero attached hydrogens (tertiary/aromatic N) is 2. The summed E-state index contributed by atoms with van der Waals surface area (Å²) in [6.45, 7) is 0. The van der Waals surface area contributed by atoms with Gasteiger partial charge in [-0.05, 0) is 25.3 Å². The molecule has 0 aliphatic heterocycles. The van der Waals surface area contributed by atoms with Crippen molar-refractivity contribution in [3.63, 3.8) is 0 Å². The van der Waals surface area contributed by atoms with E-state index in [-0.39, 0.29) is 5.52 Å². The second-order valence-corrected chi connectivity index (χ2v) is 4.34. The molecule has 0 spiro atoms. The van der Waals surface area contributed by atoms with Gasteiger partial charge in [0, 0.05) is 23.5 Å². The normalized spacial score (nSPS) is 14.9. The Morgan fingerprint density at radius 1 is 1.29 bits per heavy atom. The molecule has 1 aliphatic rings. The van der Waals surface area contributed by atoms with Gasteiger partial charge in [-0.1, -0.05) is 0 Å². The van der Waals surface area contributed by atoms with Crippen LogP contribution in [0.25, 0.3) is 11.0 Å². The van der Waals surface area contributed by atoms with Gasteiger partial charge in [-0.15, -0.1) is 0 Å². The Kier molecular flexibility index (Phi) is 2.14. The van der Waals surface area contributed by atoms with Crippen LogP contribution < -0.4 is 4.43 Å². The average Bonchev–Trinajstić information content (AvgIpc) is 2.36. The zero-order valence-electron chi connectivity index (χ0n) is 9.19. The first kappa shape index (κ1) is 10.3. The molecule has 0 fully saturated rings. The van der Waals surface area contributed by atoms with Crippen LogP contribution in [0.15, 0.2) is 18.2 Å². The molecule has 1 N–H and O–H groups in total. The van der Waals surface area contributed by atoms with E-state index in [1.54, 1.807) is 0 Å². The van der Waals surface area contributed by atoms with Gasteiger partial charge in [0.2, 0.25) is 0 Å². The lowest BCUT2D eigenvalue weighted by atomic mass is 10.00. The fourth-order valence-corrected chi connectivity index (χ4v) is 2.45. The number of fused-ring (bicyclic) bond motifs is 2. The minimum absolute atomic E-state index is 0.223. The highest BCUT2D eigenvalue weighted by Gasteiger charge is 2.27. The molecule has 3 rings (SSSR count). The number of aromatic nitrogens is 2. The molecule has 0 bridgehead atoms. The standard InChI is InChI=1S/C12H12FN2O2/c13-8-5-6-11-12(7-8)15(17)10-4-2-1-3-9(10)14(11)16/h5-7,17H,1-4H2/q+1. The average molecular weight is 235 g/mol. The summed E-state index contributed by atoms with van der Waals surface area (Å²) in [6, 6.07) is 3.81. The Hall–Kier alpha value is -1.91. The van der Waals surface area contributed by atoms with Gasteiger partial charge < -0.3 is 5.21 Å². The Morgan fingerprint density at radius 3 is 2.88 bits per heavy atom. The fraction of sp³-hybridized carbons (Fsp3) is 0.333. The van der Waals surface area contributed by atoms with Crippen LogP contribution in [0.3, 0.4) is 0 Å². The van der Waals surface area contributed by atoms with Crippen LogP contribution >= 0.6 is 0 Å². The van der Waals surface area contributed by atoms with Crippen molar-refractivity contribution in [2.75, 3.05) is 0 Å². The van der Waals surface area contributed by atoms with Gasteiger partial charge in [0.25, 0.3) is 11.2 Å². The second-order valence-electron chi connectivity index (χ2n) is 4.34. The monoisotopic (exact) mass is 235 g/mol. The van der Waals surface area contributed by atoms with E-state index >= 15 is 0 Å². The maximum atomic E-state index is 13.1. The Morgan fingerprint density at radius 2 is 2.06 bits per heavy atom. The summed E-state index contributed by atoms with van der Waals surface area (Å²) in [5, 5.41) is 10.0. The summed E-state index contributed by atoms with van der Waals surface area (Å²) < 4.78 is 14.9. The van der Waals surface area contributed by atoms with E-state index < -0.39 is 5.82 Å². The number of hydrogen-bond acceptors (Lipinski definition) is 2. The lowest BCUT2D eigenvalue weighted by Crippen LogP contribution is -2.30. The summed E-state index contributed by atoms with van der Waals surface area (Å²) in [5.41, 5.74) is 1.72. The maximum absolute atomic E-state index is 13.1. The molecule has 1 aromatic heterocycles. The minimum Gasteiger partial charge on any atom is -0.428 e. The van der Waals surface area contributed by atoms with Crippen molar-refractivity contribution in [3.05, 3.63) is 40.3 Å². The molecule has 4 nitrogen and oxygen atoms in total. The van der Waals surface area contributed by atoms with Gasteiger partial charge in [-0.25, -0.2) is 4.39 Å². The zero-order chi connectivity index (χ0) is 12.0. The molecule has 5 heteroatoms. The zero-order valence-corrected chi connectivity index (χ0v) is 9.19. The van der Waals surface area contributed by atoms with Gasteiger partial charge >= 0.3 is 0 Å². The molecule has 1 aliphatic carbocycles. The summed E-state index contributed by atoms with van der Waals surface area (Å²) in [5.74, 6) is -0.462. The first-order valence-electron chi connectivity index (χ1n) is 5.66. The van der Waals surface area contributed by atoms with Gasteiger partial charge in [-0.3, -0.25) is 0 Å². The molecule has 0 saturated carbocycles. The van der Waals surface area contributed by atoms with Crippen LogP contribution in [-0.2, 0) is 12.8 Å². The SMILES string of the molecule is O=[n+]1c2c(n(O)c3cc(F)ccc31)CCCC2. The van der Waals surface area contributed by atoms with Crippen LogP contribution in [-0.4, -0.2) is 9.94 Å². The molecule has 0 radical (unpaired) electrons. The minimum atomic E-state index is -0.462. The summed E-state index contributed by atoms with van der Waals surface area (Å²) in [7, 11) is 0. The predicted octanol–water partition coefficient (Wildman–Crippen LogP) is 1.81. The Labute approximate surface area is 96.5 Å². The number of hydrogen-bond donors (Lipinski definition) is 1. The van der Waals surface area contributed by atoms with Gasteiger partial charge in [0.05, 0.1) is 4.43 Å². The molecule has 17 heavy (non-hydrogen) atoms. The van der Waals surface area contributed by atoms with E-state index in [9.17, 15) is 14.5 Å². The molecular formula is C12H12FN2O2+. The van der Waals surface area contributed by atoms with Crippen molar-refractivity contribution in [2.45, 2.75) is 25.7 Å². The highest BCUT2D eigenvalue weighted by atomic mass is 19.1. The van der Waals surface area contributed by atoms with Crippen molar-refractivity contribution in [1.82, 2.24) is 4.73 Å². The van der Waals surface area contributed by atoms with Crippen LogP contribution in [0.1, 0.15) is 24.2 Å². The first-order chi connectivity index (χ1) is 8.18. The molecule has 1 aromatic carbocycles. The Bertz CT molecular complexity index is 664. The molecule has 2 aromatic rings. The van der Waals surface area contributed by atoms with E-state index in [0.717, 1.165) is 22.0 Å². The molecule has 0 saturated heterocycles. The van der Waals surface area contributed by atoms with Crippen LogP contribution in [0.4, 0.5) is 4.39 Å². The summed E-state index contributed by atoms with van der Waals surface area (Å²) in [6.07, 6.45) is 3.20. The van der Waals surface area contributed by atoms with Gasteiger partial charge in [0.15, 0.2) is 5.52 Å². The van der Waals surface area contributed by atoms with Crippen LogP contribution in [0.5, 0.6) is 0 Å². The fourth-order valence-electron chi connectivity index (χ4n) is 2.45. The largest absolute Gasteiger partial charge is 0.428 e. The van der Waals surface area contributed by atoms with E-state index in [1.807, 2.05) is 0 Å². The van der Waals surface area contributed by atoms with E-state index in [4.69, 9.17) is 0 Å². The molecule has 0 atom stereocenters. The van der Waals surface area contributed by atoms with Crippen LogP contribution in [0.2, 0.25) is 0 Å². The van der Waals surface area contributed by atoms with Crippen molar-refractivity contribution < 1.29 is 14.0 Å². The third-order valence-electron chi connectivity index (χ3n) is 3.30. The number of halogens is 1.